The predicted octanol–water partition coefficient (Wildman–Crippen LogP) is -0.468. The highest BCUT2D eigenvalue weighted by Crippen LogP contribution is 2.08. The highest BCUT2D eigenvalue weighted by molar-refractivity contribution is 7.92. The van der Waals surface area contributed by atoms with E-state index in [1.807, 2.05) is 32.8 Å². The Kier molecular flexibility index (Phi) is 5.12. The molecule has 7 heteroatoms. The third-order valence-corrected chi connectivity index (χ3v) is 3.87. The van der Waals surface area contributed by atoms with Crippen LogP contribution in [0.2, 0.25) is 0 Å². The highest BCUT2D eigenvalue weighted by Gasteiger charge is 2.23. The molecule has 0 saturated heterocycles. The van der Waals surface area contributed by atoms with E-state index in [9.17, 15) is 8.42 Å². The molecule has 0 amide bonds. The number of hydrogen-bond donors (Lipinski definition) is 2. The molecule has 0 bridgehead atoms. The van der Waals surface area contributed by atoms with Gasteiger partial charge in [-0.15, -0.1) is 0 Å². The molecule has 0 aliphatic rings. The van der Waals surface area contributed by atoms with E-state index in [4.69, 9.17) is 5.73 Å². The van der Waals surface area contributed by atoms with E-state index in [1.54, 1.807) is 0 Å². The highest BCUT2D eigenvalue weighted by atomic mass is 32.2. The van der Waals surface area contributed by atoms with Gasteiger partial charge in [0.1, 0.15) is 5.75 Å². The fourth-order valence-electron chi connectivity index (χ4n) is 0.683. The lowest BCUT2D eigenvalue weighted by molar-refractivity contribution is 0.199. The molecule has 0 radical (unpaired) electrons. The lowest BCUT2D eigenvalue weighted by atomic mass is 10.1. The molecule has 0 aromatic carbocycles. The lowest BCUT2D eigenvalue weighted by Crippen LogP contribution is -2.49. The molecule has 0 aromatic rings. The zero-order valence-electron chi connectivity index (χ0n) is 9.57. The van der Waals surface area contributed by atoms with E-state index in [2.05, 4.69) is 16.9 Å². The van der Waals surface area contributed by atoms with Crippen molar-refractivity contribution < 1.29 is 8.42 Å². The Labute approximate surface area is 97.1 Å². The van der Waals surface area contributed by atoms with E-state index in [0.29, 0.717) is 6.54 Å². The number of hydrogen-bond acceptors (Lipinski definition) is 4. The van der Waals surface area contributed by atoms with Gasteiger partial charge in [-0.05, 0) is 27.9 Å². The van der Waals surface area contributed by atoms with Gasteiger partial charge < -0.3 is 10.6 Å². The monoisotopic (exact) mass is 253 g/mol. The first kappa shape index (κ1) is 14.8. The fourth-order valence-corrected chi connectivity index (χ4v) is 2.20. The summed E-state index contributed by atoms with van der Waals surface area (Å²) in [6.07, 6.45) is 0. The largest absolute Gasteiger partial charge is 0.392 e. The molecule has 0 rings (SSSR count). The second-order valence-corrected chi connectivity index (χ2v) is 6.58. The molecular formula is C8H19N3O2S2. The zero-order chi connectivity index (χ0) is 12.3. The summed E-state index contributed by atoms with van der Waals surface area (Å²) in [6, 6.07) is 0. The summed E-state index contributed by atoms with van der Waals surface area (Å²) in [5.74, 6) is -0.300. The van der Waals surface area contributed by atoms with Crippen LogP contribution in [0.15, 0.2) is 0 Å². The number of nitrogens with zero attached hydrogens (tertiary/aromatic N) is 1. The van der Waals surface area contributed by atoms with Crippen molar-refractivity contribution in [2.24, 2.45) is 5.73 Å². The normalized spacial score (nSPS) is 13.1. The summed E-state index contributed by atoms with van der Waals surface area (Å²) in [6.45, 7) is 4.21. The number of sulfonamides is 1. The maximum atomic E-state index is 11.4. The van der Waals surface area contributed by atoms with Crippen LogP contribution in [-0.2, 0) is 10.0 Å². The molecule has 3 N–H and O–H groups in total. The van der Waals surface area contributed by atoms with Gasteiger partial charge in [0.05, 0.1) is 4.99 Å². The van der Waals surface area contributed by atoms with E-state index in [0.717, 1.165) is 0 Å². The van der Waals surface area contributed by atoms with Crippen molar-refractivity contribution in [2.75, 3.05) is 26.4 Å². The predicted molar refractivity (Wildman–Crippen MR) is 66.3 cm³/mol. The fraction of sp³-hybridized carbons (Fsp3) is 0.875. The smallest absolute Gasteiger partial charge is 0.218 e. The van der Waals surface area contributed by atoms with Gasteiger partial charge in [0.15, 0.2) is 0 Å². The number of rotatable bonds is 6. The average molecular weight is 253 g/mol. The van der Waals surface area contributed by atoms with Gasteiger partial charge in [0.2, 0.25) is 10.0 Å². The maximum absolute atomic E-state index is 11.4. The van der Waals surface area contributed by atoms with Gasteiger partial charge in [-0.25, -0.2) is 13.1 Å². The van der Waals surface area contributed by atoms with E-state index in [-0.39, 0.29) is 16.3 Å². The van der Waals surface area contributed by atoms with Crippen LogP contribution in [0.5, 0.6) is 0 Å². The van der Waals surface area contributed by atoms with E-state index >= 15 is 0 Å². The Balaban J connectivity index is 4.33. The standard InChI is InChI=1S/C8H19N3O2S2/c1-8(2,11(3)4)6-10-15(12,13)5-7(9)14/h10H,5-6H2,1-4H3,(H2,9,14). The van der Waals surface area contributed by atoms with Crippen molar-refractivity contribution in [3.05, 3.63) is 0 Å². The zero-order valence-corrected chi connectivity index (χ0v) is 11.2. The molecule has 0 aromatic heterocycles. The van der Waals surface area contributed by atoms with Gasteiger partial charge >= 0.3 is 0 Å². The first-order chi connectivity index (χ1) is 6.57. The number of thiocarbonyl (C=S) groups is 1. The van der Waals surface area contributed by atoms with Crippen LogP contribution in [0, 0.1) is 0 Å². The molecule has 0 aliphatic carbocycles. The van der Waals surface area contributed by atoms with Crippen molar-refractivity contribution in [3.8, 4) is 0 Å². The summed E-state index contributed by atoms with van der Waals surface area (Å²) < 4.78 is 25.3. The summed E-state index contributed by atoms with van der Waals surface area (Å²) in [4.78, 5) is 1.92. The molecule has 0 unspecified atom stereocenters. The van der Waals surface area contributed by atoms with E-state index in [1.165, 1.54) is 0 Å². The Morgan fingerprint density at radius 2 is 1.93 bits per heavy atom. The van der Waals surface area contributed by atoms with Crippen LogP contribution in [-0.4, -0.2) is 50.2 Å². The van der Waals surface area contributed by atoms with Crippen LogP contribution < -0.4 is 10.5 Å². The summed E-state index contributed by atoms with van der Waals surface area (Å²) in [5, 5.41) is 0. The first-order valence-electron chi connectivity index (χ1n) is 4.50. The van der Waals surface area contributed by atoms with Gasteiger partial charge in [0.25, 0.3) is 0 Å². The Hall–Kier alpha value is -0.240. The maximum Gasteiger partial charge on any atom is 0.218 e. The SMILES string of the molecule is CN(C)C(C)(C)CNS(=O)(=O)CC(N)=S. The molecule has 5 nitrogen and oxygen atoms in total. The lowest BCUT2D eigenvalue weighted by Gasteiger charge is -2.32. The third-order valence-electron chi connectivity index (χ3n) is 2.27. The molecule has 0 atom stereocenters. The summed E-state index contributed by atoms with van der Waals surface area (Å²) >= 11 is 4.55. The number of likely N-dealkylation sites (N-methyl/N-ethyl adjacent to an activating group) is 1. The summed E-state index contributed by atoms with van der Waals surface area (Å²) in [5.41, 5.74) is 4.93. The molecule has 0 aliphatic heterocycles. The Morgan fingerprint density at radius 3 is 2.27 bits per heavy atom. The molecular weight excluding hydrogens is 234 g/mol. The Bertz CT molecular complexity index is 323. The van der Waals surface area contributed by atoms with Crippen molar-refractivity contribution in [2.45, 2.75) is 19.4 Å². The van der Waals surface area contributed by atoms with Crippen molar-refractivity contribution in [1.82, 2.24) is 9.62 Å². The first-order valence-corrected chi connectivity index (χ1v) is 6.56. The second kappa shape index (κ2) is 5.20. The van der Waals surface area contributed by atoms with E-state index < -0.39 is 10.0 Å². The minimum Gasteiger partial charge on any atom is -0.392 e. The topological polar surface area (TPSA) is 75.4 Å². The minimum atomic E-state index is -3.39. The third kappa shape index (κ3) is 6.03. The molecule has 0 spiro atoms. The van der Waals surface area contributed by atoms with Gasteiger partial charge in [-0.3, -0.25) is 0 Å². The number of nitrogens with one attached hydrogen (secondary N) is 1. The van der Waals surface area contributed by atoms with Crippen molar-refractivity contribution in [1.29, 1.82) is 0 Å². The second-order valence-electron chi connectivity index (χ2n) is 4.25. The van der Waals surface area contributed by atoms with Crippen molar-refractivity contribution >= 4 is 27.2 Å². The van der Waals surface area contributed by atoms with Crippen LogP contribution >= 0.6 is 12.2 Å². The minimum absolute atomic E-state index is 0.0230. The summed E-state index contributed by atoms with van der Waals surface area (Å²) in [7, 11) is 0.391. The van der Waals surface area contributed by atoms with Gasteiger partial charge in [-0.1, -0.05) is 12.2 Å². The van der Waals surface area contributed by atoms with Gasteiger partial charge in [-0.2, -0.15) is 0 Å². The molecule has 90 valence electrons. The molecule has 0 heterocycles. The van der Waals surface area contributed by atoms with Crippen LogP contribution in [0.25, 0.3) is 0 Å². The van der Waals surface area contributed by atoms with Gasteiger partial charge in [0, 0.05) is 12.1 Å². The Morgan fingerprint density at radius 1 is 1.47 bits per heavy atom. The molecule has 0 saturated carbocycles. The average Bonchev–Trinajstić information content (AvgIpc) is 1.98. The van der Waals surface area contributed by atoms with Crippen LogP contribution in [0.3, 0.4) is 0 Å². The quantitative estimate of drug-likeness (QED) is 0.626. The van der Waals surface area contributed by atoms with Crippen LogP contribution in [0.1, 0.15) is 13.8 Å². The number of nitrogens with two attached hydrogens (primary N) is 1. The van der Waals surface area contributed by atoms with Crippen LogP contribution in [0.4, 0.5) is 0 Å². The molecule has 0 fully saturated rings. The molecule has 15 heavy (non-hydrogen) atoms. The van der Waals surface area contributed by atoms with Crippen molar-refractivity contribution in [3.63, 3.8) is 0 Å².